The van der Waals surface area contributed by atoms with Crippen molar-refractivity contribution < 1.29 is 18.7 Å². The van der Waals surface area contributed by atoms with Crippen molar-refractivity contribution in [1.82, 2.24) is 4.98 Å². The van der Waals surface area contributed by atoms with E-state index in [1.807, 2.05) is 0 Å². The molecule has 0 fully saturated rings. The topological polar surface area (TPSA) is 100 Å². The number of halogens is 2. The Morgan fingerprint density at radius 3 is 2.75 bits per heavy atom. The fourth-order valence-corrected chi connectivity index (χ4v) is 1.22. The molecular weight excluding hydrogens is 220 g/mol. The van der Waals surface area contributed by atoms with Gasteiger partial charge in [-0.1, -0.05) is 0 Å². The second kappa shape index (κ2) is 4.53. The van der Waals surface area contributed by atoms with Crippen LogP contribution in [-0.4, -0.2) is 16.1 Å². The zero-order valence-corrected chi connectivity index (χ0v) is 7.94. The number of aliphatic carboxylic acids is 1. The van der Waals surface area contributed by atoms with Crippen LogP contribution in [0.3, 0.4) is 0 Å². The number of carbonyl (C=O) groups is 1. The predicted molar refractivity (Wildman–Crippen MR) is 49.7 cm³/mol. The van der Waals surface area contributed by atoms with Gasteiger partial charge in [-0.25, -0.2) is 13.8 Å². The molecule has 1 rings (SSSR count). The average molecular weight is 227 g/mol. The van der Waals surface area contributed by atoms with Crippen molar-refractivity contribution in [3.8, 4) is 6.07 Å². The molecule has 0 atom stereocenters. The molecule has 0 amide bonds. The zero-order chi connectivity index (χ0) is 12.3. The number of aromatic nitrogens is 1. The van der Waals surface area contributed by atoms with Crippen LogP contribution in [0.1, 0.15) is 23.4 Å². The normalized spacial score (nSPS) is 10.1. The van der Waals surface area contributed by atoms with Crippen LogP contribution in [0.5, 0.6) is 0 Å². The van der Waals surface area contributed by atoms with Gasteiger partial charge in [0.05, 0.1) is 17.7 Å². The highest BCUT2D eigenvalue weighted by molar-refractivity contribution is 5.71. The Kier molecular flexibility index (Phi) is 3.35. The van der Waals surface area contributed by atoms with Crippen LogP contribution in [0.4, 0.5) is 14.5 Å². The molecule has 0 aliphatic heterocycles. The SMILES string of the molecule is N#Cc1cc(N)c(C(F)F)c(CC(=O)O)n1. The Labute approximate surface area is 89.1 Å². The van der Waals surface area contributed by atoms with Crippen molar-refractivity contribution in [3.63, 3.8) is 0 Å². The molecule has 16 heavy (non-hydrogen) atoms. The van der Waals surface area contributed by atoms with Crippen LogP contribution in [0.2, 0.25) is 0 Å². The lowest BCUT2D eigenvalue weighted by molar-refractivity contribution is -0.136. The molecule has 0 radical (unpaired) electrons. The number of nitrogens with zero attached hydrogens (tertiary/aromatic N) is 2. The maximum Gasteiger partial charge on any atom is 0.309 e. The molecule has 0 spiro atoms. The molecule has 0 aliphatic carbocycles. The Bertz CT molecular complexity index is 469. The minimum absolute atomic E-state index is 0.182. The van der Waals surface area contributed by atoms with E-state index in [0.717, 1.165) is 6.07 Å². The molecule has 84 valence electrons. The Hall–Kier alpha value is -2.23. The zero-order valence-electron chi connectivity index (χ0n) is 7.94. The first kappa shape index (κ1) is 11.8. The number of nitrogen functional groups attached to an aromatic ring is 1. The number of hydrogen-bond donors (Lipinski definition) is 2. The number of nitriles is 1. The van der Waals surface area contributed by atoms with E-state index in [1.54, 1.807) is 6.07 Å². The van der Waals surface area contributed by atoms with Gasteiger partial charge in [-0.05, 0) is 6.07 Å². The van der Waals surface area contributed by atoms with Gasteiger partial charge in [0.25, 0.3) is 6.43 Å². The molecule has 1 heterocycles. The lowest BCUT2D eigenvalue weighted by atomic mass is 10.1. The third kappa shape index (κ3) is 2.42. The van der Waals surface area contributed by atoms with E-state index in [4.69, 9.17) is 16.1 Å². The first-order valence-electron chi connectivity index (χ1n) is 4.15. The van der Waals surface area contributed by atoms with E-state index in [1.165, 1.54) is 0 Å². The van der Waals surface area contributed by atoms with Gasteiger partial charge in [-0.2, -0.15) is 5.26 Å². The first-order valence-corrected chi connectivity index (χ1v) is 4.15. The van der Waals surface area contributed by atoms with Crippen molar-refractivity contribution in [3.05, 3.63) is 23.0 Å². The smallest absolute Gasteiger partial charge is 0.309 e. The van der Waals surface area contributed by atoms with Gasteiger partial charge in [0.1, 0.15) is 11.8 Å². The minimum Gasteiger partial charge on any atom is -0.481 e. The molecular formula is C9H7F2N3O2. The van der Waals surface area contributed by atoms with E-state index in [2.05, 4.69) is 4.98 Å². The summed E-state index contributed by atoms with van der Waals surface area (Å²) < 4.78 is 25.2. The largest absolute Gasteiger partial charge is 0.481 e. The number of anilines is 1. The fourth-order valence-electron chi connectivity index (χ4n) is 1.22. The van der Waals surface area contributed by atoms with Gasteiger partial charge in [0.2, 0.25) is 0 Å². The van der Waals surface area contributed by atoms with Crippen molar-refractivity contribution in [2.75, 3.05) is 5.73 Å². The third-order valence-corrected chi connectivity index (χ3v) is 1.82. The summed E-state index contributed by atoms with van der Waals surface area (Å²) in [7, 11) is 0. The summed E-state index contributed by atoms with van der Waals surface area (Å²) in [6.07, 6.45) is -3.62. The van der Waals surface area contributed by atoms with Crippen molar-refractivity contribution in [2.45, 2.75) is 12.8 Å². The molecule has 0 aromatic carbocycles. The van der Waals surface area contributed by atoms with Crippen molar-refractivity contribution >= 4 is 11.7 Å². The molecule has 7 heteroatoms. The molecule has 0 unspecified atom stereocenters. The number of pyridine rings is 1. The highest BCUT2D eigenvalue weighted by Crippen LogP contribution is 2.28. The van der Waals surface area contributed by atoms with Gasteiger partial charge in [-0.3, -0.25) is 4.79 Å². The predicted octanol–water partition coefficient (Wildman–Crippen LogP) is 1.10. The monoisotopic (exact) mass is 227 g/mol. The van der Waals surface area contributed by atoms with Gasteiger partial charge < -0.3 is 10.8 Å². The minimum atomic E-state index is -2.92. The van der Waals surface area contributed by atoms with E-state index in [-0.39, 0.29) is 17.1 Å². The average Bonchev–Trinajstić information content (AvgIpc) is 2.14. The fraction of sp³-hybridized carbons (Fsp3) is 0.222. The van der Waals surface area contributed by atoms with Gasteiger partial charge >= 0.3 is 5.97 Å². The number of alkyl halides is 2. The lowest BCUT2D eigenvalue weighted by Crippen LogP contribution is -2.10. The van der Waals surface area contributed by atoms with Crippen LogP contribution < -0.4 is 5.73 Å². The molecule has 0 saturated carbocycles. The van der Waals surface area contributed by atoms with E-state index in [9.17, 15) is 13.6 Å². The molecule has 5 nitrogen and oxygen atoms in total. The first-order chi connectivity index (χ1) is 7.45. The molecule has 3 N–H and O–H groups in total. The van der Waals surface area contributed by atoms with E-state index >= 15 is 0 Å². The van der Waals surface area contributed by atoms with Crippen molar-refractivity contribution in [1.29, 1.82) is 5.26 Å². The van der Waals surface area contributed by atoms with Crippen LogP contribution >= 0.6 is 0 Å². The van der Waals surface area contributed by atoms with Crippen molar-refractivity contribution in [2.24, 2.45) is 0 Å². The van der Waals surface area contributed by atoms with E-state index in [0.29, 0.717) is 0 Å². The molecule has 0 saturated heterocycles. The second-order valence-corrected chi connectivity index (χ2v) is 2.94. The maximum atomic E-state index is 12.6. The molecule has 0 aliphatic rings. The number of carboxylic acid groups (broad SMARTS) is 1. The summed E-state index contributed by atoms with van der Waals surface area (Å²) in [5.74, 6) is -1.32. The lowest BCUT2D eigenvalue weighted by Gasteiger charge is -2.09. The van der Waals surface area contributed by atoms with Crippen LogP contribution in [0.25, 0.3) is 0 Å². The molecule has 1 aromatic rings. The maximum absolute atomic E-state index is 12.6. The third-order valence-electron chi connectivity index (χ3n) is 1.82. The number of hydrogen-bond acceptors (Lipinski definition) is 4. The number of rotatable bonds is 3. The summed E-state index contributed by atoms with van der Waals surface area (Å²) in [5.41, 5.74) is 3.81. The summed E-state index contributed by atoms with van der Waals surface area (Å²) in [4.78, 5) is 14.0. The second-order valence-electron chi connectivity index (χ2n) is 2.94. The van der Waals surface area contributed by atoms with Crippen LogP contribution in [0.15, 0.2) is 6.07 Å². The highest BCUT2D eigenvalue weighted by atomic mass is 19.3. The molecule has 1 aromatic heterocycles. The molecule has 0 bridgehead atoms. The summed E-state index contributed by atoms with van der Waals surface area (Å²) >= 11 is 0. The quantitative estimate of drug-likeness (QED) is 0.805. The van der Waals surface area contributed by atoms with Crippen LogP contribution in [-0.2, 0) is 11.2 Å². The van der Waals surface area contributed by atoms with Gasteiger partial charge in [0, 0.05) is 5.69 Å². The number of carboxylic acids is 1. The summed E-state index contributed by atoms with van der Waals surface area (Å²) in [6.45, 7) is 0. The summed E-state index contributed by atoms with van der Waals surface area (Å²) in [6, 6.07) is 2.61. The van der Waals surface area contributed by atoms with Gasteiger partial charge in [-0.15, -0.1) is 0 Å². The summed E-state index contributed by atoms with van der Waals surface area (Å²) in [5, 5.41) is 17.1. The Morgan fingerprint density at radius 2 is 2.31 bits per heavy atom. The van der Waals surface area contributed by atoms with Gasteiger partial charge in [0.15, 0.2) is 0 Å². The Balaban J connectivity index is 3.35. The number of nitrogens with two attached hydrogens (primary N) is 1. The van der Waals surface area contributed by atoms with E-state index < -0.39 is 24.4 Å². The Morgan fingerprint density at radius 1 is 1.69 bits per heavy atom. The van der Waals surface area contributed by atoms with Crippen LogP contribution in [0, 0.1) is 11.3 Å². The highest BCUT2D eigenvalue weighted by Gasteiger charge is 2.20. The standard InChI is InChI=1S/C9H7F2N3O2/c10-9(11)8-5(13)1-4(3-12)14-6(8)2-7(15)16/h1,9H,2H2,(H2,13,14)(H,15,16).